The van der Waals surface area contributed by atoms with Crippen molar-refractivity contribution in [3.8, 4) is 0 Å². The van der Waals surface area contributed by atoms with Gasteiger partial charge in [-0.3, -0.25) is 4.98 Å². The molecule has 1 aliphatic heterocycles. The van der Waals surface area contributed by atoms with E-state index in [9.17, 15) is 0 Å². The van der Waals surface area contributed by atoms with Crippen molar-refractivity contribution in [1.29, 1.82) is 0 Å². The summed E-state index contributed by atoms with van der Waals surface area (Å²) in [7, 11) is 0. The summed E-state index contributed by atoms with van der Waals surface area (Å²) >= 11 is 0. The lowest BCUT2D eigenvalue weighted by molar-refractivity contribution is 0.482. The lowest BCUT2D eigenvalue weighted by atomic mass is 10.1. The molecule has 0 amide bonds. The Balaban J connectivity index is 1.91. The van der Waals surface area contributed by atoms with Gasteiger partial charge in [0.2, 0.25) is 0 Å². The minimum Gasteiger partial charge on any atom is -0.360 e. The van der Waals surface area contributed by atoms with Crippen molar-refractivity contribution >= 4 is 5.69 Å². The Bertz CT molecular complexity index is 521. The van der Waals surface area contributed by atoms with Gasteiger partial charge >= 0.3 is 0 Å². The number of benzene rings is 1. The topological polar surface area (TPSA) is 28.2 Å². The van der Waals surface area contributed by atoms with E-state index in [0.717, 1.165) is 25.3 Å². The number of piperazine rings is 1. The second-order valence-electron chi connectivity index (χ2n) is 5.00. The summed E-state index contributed by atoms with van der Waals surface area (Å²) in [5, 5.41) is 3.46. The average molecular weight is 253 g/mol. The van der Waals surface area contributed by atoms with E-state index < -0.39 is 0 Å². The van der Waals surface area contributed by atoms with Crippen LogP contribution in [0.3, 0.4) is 0 Å². The molecule has 1 fully saturated rings. The highest BCUT2D eigenvalue weighted by atomic mass is 15.2. The first-order chi connectivity index (χ1) is 9.34. The van der Waals surface area contributed by atoms with E-state index >= 15 is 0 Å². The standard InChI is InChI=1S/C16H19N3/c1-13-5-7-14(8-6-13)19-11-10-17-12-16(19)15-4-2-3-9-18-15/h2-9,16-17H,10-12H2,1H3. The zero-order valence-electron chi connectivity index (χ0n) is 11.2. The van der Waals surface area contributed by atoms with Crippen molar-refractivity contribution in [2.45, 2.75) is 13.0 Å². The number of hydrogen-bond donors (Lipinski definition) is 1. The Morgan fingerprint density at radius 1 is 1.16 bits per heavy atom. The molecule has 1 aromatic carbocycles. The molecule has 1 aromatic heterocycles. The fourth-order valence-electron chi connectivity index (χ4n) is 2.59. The molecule has 2 heterocycles. The van der Waals surface area contributed by atoms with E-state index in [-0.39, 0.29) is 0 Å². The predicted octanol–water partition coefficient (Wildman–Crippen LogP) is 2.54. The molecule has 98 valence electrons. The molecule has 1 unspecified atom stereocenters. The maximum atomic E-state index is 4.51. The molecular formula is C16H19N3. The summed E-state index contributed by atoms with van der Waals surface area (Å²) in [5.41, 5.74) is 3.71. The number of rotatable bonds is 2. The van der Waals surface area contributed by atoms with Crippen LogP contribution >= 0.6 is 0 Å². The van der Waals surface area contributed by atoms with E-state index in [4.69, 9.17) is 0 Å². The molecule has 19 heavy (non-hydrogen) atoms. The van der Waals surface area contributed by atoms with Crippen LogP contribution in [0.5, 0.6) is 0 Å². The van der Waals surface area contributed by atoms with Crippen molar-refractivity contribution in [2.75, 3.05) is 24.5 Å². The van der Waals surface area contributed by atoms with E-state index in [0.29, 0.717) is 6.04 Å². The molecule has 3 rings (SSSR count). The molecule has 0 spiro atoms. The second-order valence-corrected chi connectivity index (χ2v) is 5.00. The summed E-state index contributed by atoms with van der Waals surface area (Å²) in [6, 6.07) is 15.2. The van der Waals surface area contributed by atoms with Crippen molar-refractivity contribution in [3.05, 3.63) is 59.9 Å². The van der Waals surface area contributed by atoms with Gasteiger partial charge in [-0.15, -0.1) is 0 Å². The van der Waals surface area contributed by atoms with Gasteiger partial charge in [-0.05, 0) is 31.2 Å². The Morgan fingerprint density at radius 2 is 2.00 bits per heavy atom. The zero-order chi connectivity index (χ0) is 13.1. The molecule has 0 bridgehead atoms. The molecular weight excluding hydrogens is 234 g/mol. The number of pyridine rings is 1. The van der Waals surface area contributed by atoms with Gasteiger partial charge in [-0.1, -0.05) is 23.8 Å². The van der Waals surface area contributed by atoms with Gasteiger partial charge in [0, 0.05) is 31.5 Å². The van der Waals surface area contributed by atoms with Crippen LogP contribution < -0.4 is 10.2 Å². The molecule has 2 aromatic rings. The minimum atomic E-state index is 0.317. The smallest absolute Gasteiger partial charge is 0.0838 e. The monoisotopic (exact) mass is 253 g/mol. The lowest BCUT2D eigenvalue weighted by Gasteiger charge is -2.37. The molecule has 1 N–H and O–H groups in total. The number of hydrogen-bond acceptors (Lipinski definition) is 3. The quantitative estimate of drug-likeness (QED) is 0.891. The number of aryl methyl sites for hydroxylation is 1. The largest absolute Gasteiger partial charge is 0.360 e. The fraction of sp³-hybridized carbons (Fsp3) is 0.312. The Hall–Kier alpha value is -1.87. The van der Waals surface area contributed by atoms with Crippen molar-refractivity contribution in [2.24, 2.45) is 0 Å². The molecule has 1 atom stereocenters. The van der Waals surface area contributed by atoms with E-state index in [1.807, 2.05) is 12.3 Å². The van der Waals surface area contributed by atoms with E-state index in [1.54, 1.807) is 0 Å². The highest BCUT2D eigenvalue weighted by molar-refractivity contribution is 5.50. The van der Waals surface area contributed by atoms with Gasteiger partial charge < -0.3 is 10.2 Å². The van der Waals surface area contributed by atoms with Crippen molar-refractivity contribution < 1.29 is 0 Å². The fourth-order valence-corrected chi connectivity index (χ4v) is 2.59. The summed E-state index contributed by atoms with van der Waals surface area (Å²) in [6.07, 6.45) is 1.87. The van der Waals surface area contributed by atoms with Gasteiger partial charge in [0.05, 0.1) is 11.7 Å². The third kappa shape index (κ3) is 2.61. The Kier molecular flexibility index (Phi) is 3.47. The lowest BCUT2D eigenvalue weighted by Crippen LogP contribution is -2.46. The third-order valence-electron chi connectivity index (χ3n) is 3.64. The summed E-state index contributed by atoms with van der Waals surface area (Å²) in [4.78, 5) is 6.96. The summed E-state index contributed by atoms with van der Waals surface area (Å²) in [6.45, 7) is 5.12. The first-order valence-electron chi connectivity index (χ1n) is 6.79. The maximum Gasteiger partial charge on any atom is 0.0838 e. The Labute approximate surface area is 114 Å². The van der Waals surface area contributed by atoms with Gasteiger partial charge in [0.1, 0.15) is 0 Å². The summed E-state index contributed by atoms with van der Waals surface area (Å²) < 4.78 is 0. The highest BCUT2D eigenvalue weighted by Gasteiger charge is 2.24. The van der Waals surface area contributed by atoms with Crippen LogP contribution in [0.1, 0.15) is 17.3 Å². The molecule has 0 saturated carbocycles. The van der Waals surface area contributed by atoms with Gasteiger partial charge in [-0.25, -0.2) is 0 Å². The number of nitrogens with one attached hydrogen (secondary N) is 1. The normalized spacial score (nSPS) is 19.4. The van der Waals surface area contributed by atoms with Gasteiger partial charge in [0.25, 0.3) is 0 Å². The number of anilines is 1. The van der Waals surface area contributed by atoms with Crippen molar-refractivity contribution in [3.63, 3.8) is 0 Å². The molecule has 1 aliphatic rings. The van der Waals surface area contributed by atoms with E-state index in [2.05, 4.69) is 58.5 Å². The van der Waals surface area contributed by atoms with Crippen LogP contribution in [0.2, 0.25) is 0 Å². The number of nitrogens with zero attached hydrogens (tertiary/aromatic N) is 2. The van der Waals surface area contributed by atoms with Crippen LogP contribution in [-0.4, -0.2) is 24.6 Å². The predicted molar refractivity (Wildman–Crippen MR) is 78.4 cm³/mol. The second kappa shape index (κ2) is 5.41. The first-order valence-corrected chi connectivity index (χ1v) is 6.79. The maximum absolute atomic E-state index is 4.51. The minimum absolute atomic E-state index is 0.317. The highest BCUT2D eigenvalue weighted by Crippen LogP contribution is 2.27. The summed E-state index contributed by atoms with van der Waals surface area (Å²) in [5.74, 6) is 0. The molecule has 0 radical (unpaired) electrons. The van der Waals surface area contributed by atoms with Crippen LogP contribution in [0.25, 0.3) is 0 Å². The molecule has 1 saturated heterocycles. The Morgan fingerprint density at radius 3 is 2.74 bits per heavy atom. The molecule has 0 aliphatic carbocycles. The third-order valence-corrected chi connectivity index (χ3v) is 3.64. The van der Waals surface area contributed by atoms with Crippen LogP contribution in [0.4, 0.5) is 5.69 Å². The van der Waals surface area contributed by atoms with Crippen LogP contribution in [0.15, 0.2) is 48.7 Å². The SMILES string of the molecule is Cc1ccc(N2CCNCC2c2ccccn2)cc1. The first kappa shape index (κ1) is 12.2. The zero-order valence-corrected chi connectivity index (χ0v) is 11.2. The average Bonchev–Trinajstić information content (AvgIpc) is 2.49. The molecule has 3 nitrogen and oxygen atoms in total. The van der Waals surface area contributed by atoms with Crippen LogP contribution in [-0.2, 0) is 0 Å². The van der Waals surface area contributed by atoms with Gasteiger partial charge in [-0.2, -0.15) is 0 Å². The molecule has 3 heteroatoms. The van der Waals surface area contributed by atoms with Gasteiger partial charge in [0.15, 0.2) is 0 Å². The number of aromatic nitrogens is 1. The van der Waals surface area contributed by atoms with Crippen molar-refractivity contribution in [1.82, 2.24) is 10.3 Å². The van der Waals surface area contributed by atoms with Crippen LogP contribution in [0, 0.1) is 6.92 Å². The van der Waals surface area contributed by atoms with E-state index in [1.165, 1.54) is 11.3 Å².